The SMILES string of the molecule is CCCCCCCC/C=C\CCCCCCCC(=O)[O-].CCCCCCCC/C=C\CCCCCCCC(=O)[O-].[Al+3].[OH-]. The molecule has 0 radical (unpaired) electrons. The van der Waals surface area contributed by atoms with Crippen LogP contribution < -0.4 is 10.2 Å². The number of hydrogen-bond acceptors (Lipinski definition) is 5. The minimum Gasteiger partial charge on any atom is -0.870 e. The summed E-state index contributed by atoms with van der Waals surface area (Å²) in [7, 11) is 0. The molecule has 0 heterocycles. The zero-order valence-electron chi connectivity index (χ0n) is 27.8. The van der Waals surface area contributed by atoms with E-state index in [1.54, 1.807) is 0 Å². The van der Waals surface area contributed by atoms with Crippen LogP contribution in [-0.2, 0) is 9.59 Å². The molecule has 0 aromatic heterocycles. The van der Waals surface area contributed by atoms with Crippen LogP contribution in [0.3, 0.4) is 0 Å². The van der Waals surface area contributed by atoms with Gasteiger partial charge in [0.05, 0.1) is 0 Å². The Morgan fingerprint density at radius 1 is 0.405 bits per heavy atom. The zero-order valence-corrected chi connectivity index (χ0v) is 28.9. The second-order valence-electron chi connectivity index (χ2n) is 11.4. The van der Waals surface area contributed by atoms with Crippen molar-refractivity contribution in [1.82, 2.24) is 0 Å². The first kappa shape index (κ1) is 47.8. The van der Waals surface area contributed by atoms with Gasteiger partial charge in [-0.15, -0.1) is 0 Å². The van der Waals surface area contributed by atoms with Gasteiger partial charge >= 0.3 is 17.4 Å². The molecule has 0 spiro atoms. The number of aliphatic carboxylic acids is 2. The third kappa shape index (κ3) is 51.6. The minimum absolute atomic E-state index is 0. The number of carbonyl (C=O) groups excluding carboxylic acids is 2. The first-order valence-corrected chi connectivity index (χ1v) is 17.2. The molecule has 0 aliphatic carbocycles. The van der Waals surface area contributed by atoms with Crippen molar-refractivity contribution >= 4 is 29.3 Å². The molecule has 0 aromatic carbocycles. The Bertz CT molecular complexity index is 527. The van der Waals surface area contributed by atoms with E-state index < -0.39 is 11.9 Å². The molecule has 5 nitrogen and oxygen atoms in total. The molecule has 0 saturated heterocycles. The summed E-state index contributed by atoms with van der Waals surface area (Å²) in [4.78, 5) is 20.4. The number of carbonyl (C=O) groups is 2. The van der Waals surface area contributed by atoms with E-state index in [2.05, 4.69) is 38.2 Å². The van der Waals surface area contributed by atoms with Gasteiger partial charge in [0.1, 0.15) is 0 Å². The maximum absolute atomic E-state index is 10.2. The number of unbranched alkanes of at least 4 members (excludes halogenated alkanes) is 22. The third-order valence-corrected chi connectivity index (χ3v) is 7.29. The van der Waals surface area contributed by atoms with Crippen molar-refractivity contribution in [3.63, 3.8) is 0 Å². The summed E-state index contributed by atoms with van der Waals surface area (Å²) in [5.74, 6) is -1.83. The summed E-state index contributed by atoms with van der Waals surface area (Å²) in [5, 5.41) is 20.4. The van der Waals surface area contributed by atoms with E-state index in [-0.39, 0.29) is 35.7 Å². The molecule has 0 rings (SSSR count). The van der Waals surface area contributed by atoms with Gasteiger partial charge in [0.25, 0.3) is 0 Å². The predicted molar refractivity (Wildman–Crippen MR) is 177 cm³/mol. The largest absolute Gasteiger partial charge is 3.00 e. The molecule has 0 amide bonds. The average Bonchev–Trinajstić information content (AvgIpc) is 2.93. The Labute approximate surface area is 271 Å². The maximum atomic E-state index is 10.2. The first-order valence-electron chi connectivity index (χ1n) is 17.2. The minimum atomic E-state index is -0.914. The third-order valence-electron chi connectivity index (χ3n) is 7.29. The van der Waals surface area contributed by atoms with Gasteiger partial charge in [-0.2, -0.15) is 0 Å². The van der Waals surface area contributed by atoms with E-state index >= 15 is 0 Å². The Kier molecular flexibility index (Phi) is 50.5. The fourth-order valence-corrected chi connectivity index (χ4v) is 4.68. The van der Waals surface area contributed by atoms with Gasteiger partial charge in [0.15, 0.2) is 0 Å². The van der Waals surface area contributed by atoms with E-state index in [9.17, 15) is 19.8 Å². The van der Waals surface area contributed by atoms with Crippen molar-refractivity contribution in [2.45, 2.75) is 194 Å². The van der Waals surface area contributed by atoms with Crippen molar-refractivity contribution in [2.24, 2.45) is 0 Å². The van der Waals surface area contributed by atoms with Crippen molar-refractivity contribution in [1.29, 1.82) is 0 Å². The molecule has 0 unspecified atom stereocenters. The Morgan fingerprint density at radius 3 is 0.857 bits per heavy atom. The second-order valence-corrected chi connectivity index (χ2v) is 11.4. The molecule has 0 fully saturated rings. The molecule has 0 aliphatic heterocycles. The van der Waals surface area contributed by atoms with Gasteiger partial charge in [-0.05, 0) is 77.0 Å². The van der Waals surface area contributed by atoms with Gasteiger partial charge in [-0.25, -0.2) is 0 Å². The molecular weight excluding hydrogens is 539 g/mol. The molecule has 42 heavy (non-hydrogen) atoms. The van der Waals surface area contributed by atoms with Crippen LogP contribution in [0.15, 0.2) is 24.3 Å². The molecule has 0 saturated carbocycles. The normalized spacial score (nSPS) is 10.7. The maximum Gasteiger partial charge on any atom is 3.00 e. The summed E-state index contributed by atoms with van der Waals surface area (Å²) in [6.45, 7) is 4.51. The van der Waals surface area contributed by atoms with Crippen LogP contribution in [0.4, 0.5) is 0 Å². The topological polar surface area (TPSA) is 110 Å². The number of hydrogen-bond donors (Lipinski definition) is 0. The standard InChI is InChI=1S/2C18H34O2.Al.H2O/c2*1-2-3-4-5-6-7-8-9-10-11-12-13-14-15-16-17-18(19)20;;/h2*9-10H,2-8,11-17H2,1H3,(H,19,20);;1H2/q;;+3;/p-3/b2*10-9-;;. The summed E-state index contributed by atoms with van der Waals surface area (Å²) in [6, 6.07) is 0. The first-order chi connectivity index (χ1) is 19.5. The number of carboxylic acids is 2. The van der Waals surface area contributed by atoms with Gasteiger partial charge in [-0.1, -0.05) is 141 Å². The van der Waals surface area contributed by atoms with Crippen LogP contribution in [0.2, 0.25) is 0 Å². The van der Waals surface area contributed by atoms with Crippen LogP contribution in [0, 0.1) is 0 Å². The fourth-order valence-electron chi connectivity index (χ4n) is 4.68. The molecule has 0 aliphatic rings. The van der Waals surface area contributed by atoms with E-state index in [0.29, 0.717) is 0 Å². The van der Waals surface area contributed by atoms with E-state index in [1.807, 2.05) is 0 Å². The van der Waals surface area contributed by atoms with Crippen LogP contribution in [0.1, 0.15) is 194 Å². The van der Waals surface area contributed by atoms with Gasteiger partial charge in [-0.3, -0.25) is 0 Å². The van der Waals surface area contributed by atoms with Crippen LogP contribution >= 0.6 is 0 Å². The van der Waals surface area contributed by atoms with Crippen LogP contribution in [0.5, 0.6) is 0 Å². The summed E-state index contributed by atoms with van der Waals surface area (Å²) in [6.07, 6.45) is 41.8. The smallest absolute Gasteiger partial charge is 0.870 e. The van der Waals surface area contributed by atoms with Gasteiger partial charge in [0.2, 0.25) is 0 Å². The van der Waals surface area contributed by atoms with E-state index in [1.165, 1.54) is 128 Å². The molecule has 1 N–H and O–H groups in total. The quantitative estimate of drug-likeness (QED) is 0.0460. The molecule has 6 heteroatoms. The molecule has 244 valence electrons. The monoisotopic (exact) mass is 606 g/mol. The van der Waals surface area contributed by atoms with Crippen molar-refractivity contribution in [3.8, 4) is 0 Å². The van der Waals surface area contributed by atoms with Gasteiger partial charge in [0, 0.05) is 11.9 Å². The van der Waals surface area contributed by atoms with Crippen molar-refractivity contribution < 1.29 is 25.3 Å². The number of rotatable bonds is 30. The average molecular weight is 607 g/mol. The number of allylic oxidation sites excluding steroid dienone is 4. The fraction of sp³-hybridized carbons (Fsp3) is 0.833. The Morgan fingerprint density at radius 2 is 0.619 bits per heavy atom. The van der Waals surface area contributed by atoms with Crippen LogP contribution in [-0.4, -0.2) is 34.8 Å². The van der Waals surface area contributed by atoms with E-state index in [0.717, 1.165) is 38.5 Å². The molecular formula is C36H67AlO5. The Hall–Kier alpha value is -1.09. The molecule has 0 atom stereocenters. The molecule has 0 bridgehead atoms. The predicted octanol–water partition coefficient (Wildman–Crippen LogP) is 8.99. The van der Waals surface area contributed by atoms with Crippen molar-refractivity contribution in [2.75, 3.05) is 0 Å². The van der Waals surface area contributed by atoms with E-state index in [4.69, 9.17) is 0 Å². The Balaban J connectivity index is -0.000000328. The van der Waals surface area contributed by atoms with Crippen molar-refractivity contribution in [3.05, 3.63) is 24.3 Å². The summed E-state index contributed by atoms with van der Waals surface area (Å²) >= 11 is 0. The summed E-state index contributed by atoms with van der Waals surface area (Å²) in [5.41, 5.74) is 0. The second kappa shape index (κ2) is 44.4. The zero-order chi connectivity index (χ0) is 29.8. The summed E-state index contributed by atoms with van der Waals surface area (Å²) < 4.78 is 0. The molecule has 0 aromatic rings. The number of carboxylic acid groups (broad SMARTS) is 2. The van der Waals surface area contributed by atoms with Gasteiger partial charge < -0.3 is 25.3 Å². The van der Waals surface area contributed by atoms with Crippen LogP contribution in [0.25, 0.3) is 0 Å².